The van der Waals surface area contributed by atoms with Crippen LogP contribution in [0, 0.1) is 5.92 Å². The van der Waals surface area contributed by atoms with Gasteiger partial charge in [0, 0.05) is 19.1 Å². The molecule has 5 saturated carbocycles. The van der Waals surface area contributed by atoms with E-state index in [1.807, 2.05) is 0 Å². The van der Waals surface area contributed by atoms with Gasteiger partial charge < -0.3 is 25.2 Å². The number of hydrogen-bond donors (Lipinski definition) is 3. The number of carbonyl (C=O) groups is 1. The molecule has 3 N–H and O–H groups in total. The largest absolute Gasteiger partial charge is 0.391 e. The van der Waals surface area contributed by atoms with Crippen molar-refractivity contribution in [1.82, 2.24) is 10.6 Å². The molecule has 5 fully saturated rings. The number of rotatable bonds is 8. The summed E-state index contributed by atoms with van der Waals surface area (Å²) in [5.41, 5.74) is -0.576. The average molecular weight is 475 g/mol. The normalized spacial score (nSPS) is 44.4. The molecule has 1 amide bonds. The fourth-order valence-corrected chi connectivity index (χ4v) is 6.60. The van der Waals surface area contributed by atoms with Crippen molar-refractivity contribution in [3.05, 3.63) is 0 Å². The van der Waals surface area contributed by atoms with E-state index in [1.165, 1.54) is 12.8 Å². The molecular formula is C24H40ClFN2O4. The molecule has 0 radical (unpaired) electrons. The fraction of sp³-hybridized carbons (Fsp3) is 0.958. The molecule has 5 rings (SSSR count). The van der Waals surface area contributed by atoms with Crippen molar-refractivity contribution < 1.29 is 23.8 Å². The number of carbonyl (C=O) groups excluding carboxylic acids is 1. The first-order chi connectivity index (χ1) is 15.3. The van der Waals surface area contributed by atoms with Crippen molar-refractivity contribution in [2.75, 3.05) is 20.3 Å². The van der Waals surface area contributed by atoms with Gasteiger partial charge in [0.05, 0.1) is 29.2 Å². The highest BCUT2D eigenvalue weighted by molar-refractivity contribution is 6.21. The van der Waals surface area contributed by atoms with Crippen molar-refractivity contribution in [3.63, 3.8) is 0 Å². The molecule has 0 saturated heterocycles. The summed E-state index contributed by atoms with van der Waals surface area (Å²) in [4.78, 5) is 12.6. The van der Waals surface area contributed by atoms with Gasteiger partial charge in [0.25, 0.3) is 0 Å². The van der Waals surface area contributed by atoms with Crippen LogP contribution >= 0.6 is 11.6 Å². The van der Waals surface area contributed by atoms with Crippen LogP contribution in [0.25, 0.3) is 0 Å². The molecule has 8 heteroatoms. The molecular weight excluding hydrogens is 435 g/mol. The lowest BCUT2D eigenvalue weighted by atomic mass is 9.59. The van der Waals surface area contributed by atoms with Gasteiger partial charge in [-0.2, -0.15) is 0 Å². The first-order valence-corrected chi connectivity index (χ1v) is 12.9. The summed E-state index contributed by atoms with van der Waals surface area (Å²) < 4.78 is 24.9. The molecule has 184 valence electrons. The molecule has 0 aliphatic heterocycles. The summed E-state index contributed by atoms with van der Waals surface area (Å²) in [7, 11) is 1.80. The number of ether oxygens (including phenoxy) is 2. The quantitative estimate of drug-likeness (QED) is 0.471. The van der Waals surface area contributed by atoms with E-state index < -0.39 is 23.2 Å². The number of alkyl halides is 2. The minimum absolute atomic E-state index is 0.0170. The second kappa shape index (κ2) is 10.4. The van der Waals surface area contributed by atoms with Crippen LogP contribution in [-0.4, -0.2) is 72.2 Å². The van der Waals surface area contributed by atoms with E-state index in [-0.39, 0.29) is 30.6 Å². The predicted octanol–water partition coefficient (Wildman–Crippen LogP) is 3.23. The minimum Gasteiger partial charge on any atom is -0.391 e. The van der Waals surface area contributed by atoms with E-state index in [1.54, 1.807) is 7.11 Å². The summed E-state index contributed by atoms with van der Waals surface area (Å²) in [5.74, 6) is 0.459. The van der Waals surface area contributed by atoms with E-state index in [0.717, 1.165) is 45.1 Å². The molecule has 6 nitrogen and oxygen atoms in total. The summed E-state index contributed by atoms with van der Waals surface area (Å²) >= 11 is 5.92. The van der Waals surface area contributed by atoms with Gasteiger partial charge in [0.1, 0.15) is 12.8 Å². The van der Waals surface area contributed by atoms with Crippen LogP contribution in [0.4, 0.5) is 4.39 Å². The second-order valence-electron chi connectivity index (χ2n) is 10.7. The molecule has 5 aliphatic carbocycles. The Labute approximate surface area is 196 Å². The molecule has 4 unspecified atom stereocenters. The van der Waals surface area contributed by atoms with Crippen molar-refractivity contribution >= 4 is 17.5 Å². The Kier molecular flexibility index (Phi) is 8.03. The first kappa shape index (κ1) is 24.6. The summed E-state index contributed by atoms with van der Waals surface area (Å²) in [6.07, 6.45) is 8.80. The molecule has 32 heavy (non-hydrogen) atoms. The molecule has 0 aromatic heterocycles. The molecule has 0 aromatic carbocycles. The molecule has 4 atom stereocenters. The third-order valence-corrected chi connectivity index (χ3v) is 9.19. The van der Waals surface area contributed by atoms with E-state index in [0.29, 0.717) is 31.3 Å². The van der Waals surface area contributed by atoms with Crippen LogP contribution in [0.2, 0.25) is 0 Å². The maximum atomic E-state index is 13.8. The van der Waals surface area contributed by atoms with Gasteiger partial charge >= 0.3 is 0 Å². The number of fused-ring (bicyclic) bond motifs is 3. The lowest BCUT2D eigenvalue weighted by Gasteiger charge is -2.57. The Balaban J connectivity index is 1.21. The van der Waals surface area contributed by atoms with Gasteiger partial charge in [0.2, 0.25) is 5.91 Å². The topological polar surface area (TPSA) is 79.8 Å². The zero-order chi connectivity index (χ0) is 22.8. The van der Waals surface area contributed by atoms with Crippen molar-refractivity contribution in [2.45, 2.75) is 118 Å². The highest BCUT2D eigenvalue weighted by Crippen LogP contribution is 2.47. The summed E-state index contributed by atoms with van der Waals surface area (Å²) in [5, 5.41) is 17.4. The highest BCUT2D eigenvalue weighted by Gasteiger charge is 2.54. The Morgan fingerprint density at radius 1 is 1.09 bits per heavy atom. The number of aliphatic hydroxyl groups is 1. The van der Waals surface area contributed by atoms with Crippen LogP contribution in [0.1, 0.15) is 77.0 Å². The molecule has 0 aromatic rings. The number of methoxy groups -OCH3 is 1. The number of hydrogen-bond acceptors (Lipinski definition) is 5. The zero-order valence-electron chi connectivity index (χ0n) is 19.3. The summed E-state index contributed by atoms with van der Waals surface area (Å²) in [6, 6.07) is 0. The SMILES string of the molecule is COC1CCC(CNC23CCC(NC(=O)COC4CCC(Cl)C(F)C4)(CC2)C(O)C3)CC1. The van der Waals surface area contributed by atoms with Crippen molar-refractivity contribution in [2.24, 2.45) is 5.92 Å². The monoisotopic (exact) mass is 474 g/mol. The lowest BCUT2D eigenvalue weighted by Crippen LogP contribution is -2.70. The van der Waals surface area contributed by atoms with E-state index in [9.17, 15) is 14.3 Å². The van der Waals surface area contributed by atoms with Gasteiger partial charge in [-0.3, -0.25) is 4.79 Å². The van der Waals surface area contributed by atoms with Gasteiger partial charge in [0.15, 0.2) is 0 Å². The predicted molar refractivity (Wildman–Crippen MR) is 122 cm³/mol. The maximum absolute atomic E-state index is 13.8. The smallest absolute Gasteiger partial charge is 0.246 e. The Bertz CT molecular complexity index is 637. The van der Waals surface area contributed by atoms with Gasteiger partial charge in [-0.1, -0.05) is 0 Å². The van der Waals surface area contributed by atoms with Crippen molar-refractivity contribution in [1.29, 1.82) is 0 Å². The third-order valence-electron chi connectivity index (χ3n) is 8.70. The van der Waals surface area contributed by atoms with E-state index in [2.05, 4.69) is 10.6 Å². The average Bonchev–Trinajstić information content (AvgIpc) is 2.80. The Morgan fingerprint density at radius 2 is 1.78 bits per heavy atom. The van der Waals surface area contributed by atoms with E-state index >= 15 is 0 Å². The van der Waals surface area contributed by atoms with Crippen LogP contribution in [-0.2, 0) is 14.3 Å². The number of amides is 1. The van der Waals surface area contributed by atoms with Crippen LogP contribution in [0.5, 0.6) is 0 Å². The van der Waals surface area contributed by atoms with Gasteiger partial charge in [-0.15, -0.1) is 11.6 Å². The zero-order valence-corrected chi connectivity index (χ0v) is 20.0. The van der Waals surface area contributed by atoms with Crippen LogP contribution in [0.15, 0.2) is 0 Å². The number of halogens is 2. The summed E-state index contributed by atoms with van der Waals surface area (Å²) in [6.45, 7) is 0.906. The van der Waals surface area contributed by atoms with Crippen molar-refractivity contribution in [3.8, 4) is 0 Å². The number of aliphatic hydroxyl groups excluding tert-OH is 1. The third kappa shape index (κ3) is 5.60. The highest BCUT2D eigenvalue weighted by atomic mass is 35.5. The van der Waals surface area contributed by atoms with Crippen LogP contribution in [0.3, 0.4) is 0 Å². The molecule has 0 heterocycles. The fourth-order valence-electron chi connectivity index (χ4n) is 6.37. The van der Waals surface area contributed by atoms with Crippen LogP contribution < -0.4 is 10.6 Å². The standard InChI is InChI=1S/C24H40ClFN2O4/c1-31-17-4-2-16(3-5-17)14-27-23-8-10-24(11-9-23,21(29)13-23)28-22(30)15-32-18-6-7-19(25)20(26)12-18/h16-21,27,29H,2-15H2,1H3,(H,28,30). The first-order valence-electron chi connectivity index (χ1n) is 12.5. The number of nitrogens with one attached hydrogen (secondary N) is 2. The molecule has 0 spiro atoms. The lowest BCUT2D eigenvalue weighted by molar-refractivity contribution is -0.137. The van der Waals surface area contributed by atoms with E-state index in [4.69, 9.17) is 21.1 Å². The Morgan fingerprint density at radius 3 is 2.41 bits per heavy atom. The van der Waals surface area contributed by atoms with Gasteiger partial charge in [-0.05, 0) is 83.1 Å². The Hall–Kier alpha value is -0.470. The second-order valence-corrected chi connectivity index (χ2v) is 11.3. The van der Waals surface area contributed by atoms with Gasteiger partial charge in [-0.25, -0.2) is 4.39 Å². The maximum Gasteiger partial charge on any atom is 0.246 e. The minimum atomic E-state index is -1.08. The molecule has 5 aliphatic rings. The molecule has 2 bridgehead atoms.